The lowest BCUT2D eigenvalue weighted by molar-refractivity contribution is 0.102. The van der Waals surface area contributed by atoms with Gasteiger partial charge in [0.25, 0.3) is 5.91 Å². The number of aromatic nitrogens is 1. The number of aryl methyl sites for hydroxylation is 1. The lowest BCUT2D eigenvalue weighted by Crippen LogP contribution is -2.13. The minimum atomic E-state index is -0.197. The largest absolute Gasteiger partial charge is 0.298 e. The van der Waals surface area contributed by atoms with Crippen molar-refractivity contribution < 1.29 is 4.79 Å². The maximum absolute atomic E-state index is 12.3. The molecule has 0 aliphatic heterocycles. The van der Waals surface area contributed by atoms with Gasteiger partial charge in [-0.2, -0.15) is 0 Å². The predicted molar refractivity (Wildman–Crippen MR) is 96.5 cm³/mol. The van der Waals surface area contributed by atoms with E-state index in [0.717, 1.165) is 13.8 Å². The number of halogens is 2. The van der Waals surface area contributed by atoms with Gasteiger partial charge in [0, 0.05) is 8.59 Å². The highest BCUT2D eigenvalue weighted by molar-refractivity contribution is 14.1. The van der Waals surface area contributed by atoms with Crippen molar-refractivity contribution in [2.75, 3.05) is 5.32 Å². The quantitative estimate of drug-likeness (QED) is 0.576. The first-order chi connectivity index (χ1) is 10.0. The van der Waals surface area contributed by atoms with E-state index in [1.807, 2.05) is 25.1 Å². The highest BCUT2D eigenvalue weighted by Crippen LogP contribution is 2.27. The van der Waals surface area contributed by atoms with E-state index in [9.17, 15) is 4.79 Å². The summed E-state index contributed by atoms with van der Waals surface area (Å²) < 4.78 is 1.91. The van der Waals surface area contributed by atoms with Crippen molar-refractivity contribution in [1.29, 1.82) is 0 Å². The fourth-order valence-corrected chi connectivity index (χ4v) is 3.63. The van der Waals surface area contributed by atoms with Gasteiger partial charge in [-0.05, 0) is 65.4 Å². The molecule has 1 amide bonds. The molecule has 0 unspecified atom stereocenters. The number of thiazole rings is 1. The molecule has 0 fully saturated rings. The van der Waals surface area contributed by atoms with Crippen molar-refractivity contribution in [3.63, 3.8) is 0 Å². The minimum absolute atomic E-state index is 0.197. The second kappa shape index (κ2) is 5.90. The van der Waals surface area contributed by atoms with Crippen molar-refractivity contribution in [3.8, 4) is 0 Å². The van der Waals surface area contributed by atoms with E-state index in [2.05, 4.69) is 39.0 Å². The third-order valence-electron chi connectivity index (χ3n) is 2.94. The number of nitrogens with zero attached hydrogens (tertiary/aromatic N) is 1. The van der Waals surface area contributed by atoms with E-state index >= 15 is 0 Å². The fraction of sp³-hybridized carbons (Fsp3) is 0.0667. The summed E-state index contributed by atoms with van der Waals surface area (Å²) in [5.41, 5.74) is 2.62. The number of fused-ring (bicyclic) bond motifs is 1. The topological polar surface area (TPSA) is 42.0 Å². The Bertz CT molecular complexity index is 847. The van der Waals surface area contributed by atoms with Crippen LogP contribution in [0.25, 0.3) is 10.2 Å². The second-order valence-corrected chi connectivity index (χ2v) is 7.20. The Kier molecular flexibility index (Phi) is 4.14. The summed E-state index contributed by atoms with van der Waals surface area (Å²) in [4.78, 5) is 16.7. The van der Waals surface area contributed by atoms with Crippen LogP contribution in [0.3, 0.4) is 0 Å². The first kappa shape index (κ1) is 14.7. The van der Waals surface area contributed by atoms with Crippen LogP contribution in [0.1, 0.15) is 15.9 Å². The highest BCUT2D eigenvalue weighted by Gasteiger charge is 2.13. The third-order valence-corrected chi connectivity index (χ3v) is 5.05. The van der Waals surface area contributed by atoms with Crippen molar-refractivity contribution in [2.24, 2.45) is 0 Å². The fourth-order valence-electron chi connectivity index (χ4n) is 1.92. The predicted octanol–water partition coefficient (Wildman–Crippen LogP) is 5.12. The molecule has 3 aromatic rings. The zero-order chi connectivity index (χ0) is 15.0. The van der Waals surface area contributed by atoms with Gasteiger partial charge < -0.3 is 0 Å². The molecular weight excluding hydrogens is 419 g/mol. The molecule has 0 saturated carbocycles. The summed E-state index contributed by atoms with van der Waals surface area (Å²) >= 11 is 9.53. The number of carbonyl (C=O) groups excluding carboxylic acids is 1. The molecule has 1 aromatic heterocycles. The summed E-state index contributed by atoms with van der Waals surface area (Å²) in [5, 5.41) is 3.98. The number of rotatable bonds is 2. The normalized spacial score (nSPS) is 10.8. The van der Waals surface area contributed by atoms with Crippen LogP contribution in [0.5, 0.6) is 0 Å². The molecule has 0 bridgehead atoms. The van der Waals surface area contributed by atoms with Crippen LogP contribution in [0.4, 0.5) is 5.13 Å². The monoisotopic (exact) mass is 428 g/mol. The standard InChI is InChI=1S/C15H10ClIN2OS/c1-8-2-5-12-13(6-8)21-15(18-12)19-14(20)10-7-9(16)3-4-11(10)17/h2-7H,1H3,(H,18,19,20). The van der Waals surface area contributed by atoms with Gasteiger partial charge in [0.05, 0.1) is 15.8 Å². The van der Waals surface area contributed by atoms with Gasteiger partial charge in [-0.15, -0.1) is 0 Å². The smallest absolute Gasteiger partial charge is 0.258 e. The molecule has 0 aliphatic carbocycles. The SMILES string of the molecule is Cc1ccc2nc(NC(=O)c3cc(Cl)ccc3I)sc2c1. The first-order valence-corrected chi connectivity index (χ1v) is 8.44. The zero-order valence-electron chi connectivity index (χ0n) is 11.0. The lowest BCUT2D eigenvalue weighted by Gasteiger charge is -2.04. The molecule has 0 aliphatic rings. The van der Waals surface area contributed by atoms with Crippen LogP contribution >= 0.6 is 45.5 Å². The molecule has 3 rings (SSSR count). The molecule has 2 aromatic carbocycles. The van der Waals surface area contributed by atoms with Gasteiger partial charge in [0.15, 0.2) is 5.13 Å². The summed E-state index contributed by atoms with van der Waals surface area (Å²) in [6.45, 7) is 2.03. The molecule has 0 saturated heterocycles. The van der Waals surface area contributed by atoms with E-state index in [4.69, 9.17) is 11.6 Å². The Labute approximate surface area is 144 Å². The van der Waals surface area contributed by atoms with E-state index in [1.165, 1.54) is 16.9 Å². The van der Waals surface area contributed by atoms with Crippen LogP contribution in [-0.4, -0.2) is 10.9 Å². The Morgan fingerprint density at radius 1 is 1.29 bits per heavy atom. The molecule has 106 valence electrons. The van der Waals surface area contributed by atoms with Crippen LogP contribution in [-0.2, 0) is 0 Å². The van der Waals surface area contributed by atoms with Crippen molar-refractivity contribution in [3.05, 3.63) is 56.1 Å². The van der Waals surface area contributed by atoms with Gasteiger partial charge in [0.2, 0.25) is 0 Å². The van der Waals surface area contributed by atoms with Crippen molar-refractivity contribution in [1.82, 2.24) is 4.98 Å². The van der Waals surface area contributed by atoms with Gasteiger partial charge in [-0.3, -0.25) is 10.1 Å². The van der Waals surface area contributed by atoms with E-state index < -0.39 is 0 Å². The molecular formula is C15H10ClIN2OS. The van der Waals surface area contributed by atoms with E-state index in [-0.39, 0.29) is 5.91 Å². The van der Waals surface area contributed by atoms with Gasteiger partial charge >= 0.3 is 0 Å². The van der Waals surface area contributed by atoms with Crippen molar-refractivity contribution in [2.45, 2.75) is 6.92 Å². The zero-order valence-corrected chi connectivity index (χ0v) is 14.7. The average molecular weight is 429 g/mol. The van der Waals surface area contributed by atoms with Gasteiger partial charge in [-0.25, -0.2) is 4.98 Å². The van der Waals surface area contributed by atoms with Crippen LogP contribution in [0.15, 0.2) is 36.4 Å². The highest BCUT2D eigenvalue weighted by atomic mass is 127. The number of hydrogen-bond acceptors (Lipinski definition) is 3. The van der Waals surface area contributed by atoms with Crippen LogP contribution in [0, 0.1) is 10.5 Å². The number of benzene rings is 2. The van der Waals surface area contributed by atoms with E-state index in [0.29, 0.717) is 15.7 Å². The molecule has 21 heavy (non-hydrogen) atoms. The number of nitrogens with one attached hydrogen (secondary N) is 1. The Morgan fingerprint density at radius 3 is 2.90 bits per heavy atom. The summed E-state index contributed by atoms with van der Waals surface area (Å²) in [7, 11) is 0. The molecule has 0 radical (unpaired) electrons. The molecule has 0 atom stereocenters. The van der Waals surface area contributed by atoms with Crippen LogP contribution in [0.2, 0.25) is 5.02 Å². The first-order valence-electron chi connectivity index (χ1n) is 6.16. The number of amides is 1. The summed E-state index contributed by atoms with van der Waals surface area (Å²) in [6, 6.07) is 11.3. The maximum atomic E-state index is 12.3. The molecule has 1 N–H and O–H groups in total. The summed E-state index contributed by atoms with van der Waals surface area (Å²) in [5.74, 6) is -0.197. The Morgan fingerprint density at radius 2 is 2.10 bits per heavy atom. The molecule has 0 spiro atoms. The van der Waals surface area contributed by atoms with Crippen LogP contribution < -0.4 is 5.32 Å². The van der Waals surface area contributed by atoms with Gasteiger partial charge in [0.1, 0.15) is 0 Å². The minimum Gasteiger partial charge on any atom is -0.298 e. The molecule has 1 heterocycles. The third kappa shape index (κ3) is 3.20. The lowest BCUT2D eigenvalue weighted by atomic mass is 10.2. The number of hydrogen-bond donors (Lipinski definition) is 1. The van der Waals surface area contributed by atoms with E-state index in [1.54, 1.807) is 12.1 Å². The number of anilines is 1. The average Bonchev–Trinajstić information content (AvgIpc) is 2.82. The van der Waals surface area contributed by atoms with Gasteiger partial charge in [-0.1, -0.05) is 29.0 Å². The summed E-state index contributed by atoms with van der Waals surface area (Å²) in [6.07, 6.45) is 0. The Balaban J connectivity index is 1.90. The second-order valence-electron chi connectivity index (χ2n) is 4.57. The number of carbonyl (C=O) groups is 1. The molecule has 6 heteroatoms. The Hall–Kier alpha value is -1.18. The molecule has 3 nitrogen and oxygen atoms in total. The maximum Gasteiger partial charge on any atom is 0.258 e. The van der Waals surface area contributed by atoms with Crippen molar-refractivity contribution >= 4 is 66.8 Å².